The van der Waals surface area contributed by atoms with E-state index in [1.807, 2.05) is 12.1 Å². The minimum absolute atomic E-state index is 0.405. The quantitative estimate of drug-likeness (QED) is 0.699. The van der Waals surface area contributed by atoms with E-state index >= 15 is 0 Å². The SMILES string of the molecule is C=CCOc1c(Cl)cc(CNCC2CCCN2CC)cc1OC. The maximum Gasteiger partial charge on any atom is 0.180 e. The van der Waals surface area contributed by atoms with E-state index in [9.17, 15) is 0 Å². The first-order chi connectivity index (χ1) is 11.2. The van der Waals surface area contributed by atoms with Crippen LogP contribution in [0.4, 0.5) is 0 Å². The first-order valence-corrected chi connectivity index (χ1v) is 8.62. The summed E-state index contributed by atoms with van der Waals surface area (Å²) in [6.45, 7) is 10.4. The molecule has 0 spiro atoms. The van der Waals surface area contributed by atoms with Gasteiger partial charge in [-0.05, 0) is 43.6 Å². The van der Waals surface area contributed by atoms with Gasteiger partial charge in [-0.15, -0.1) is 0 Å². The van der Waals surface area contributed by atoms with Crippen LogP contribution in [0.1, 0.15) is 25.3 Å². The molecule has 0 amide bonds. The minimum atomic E-state index is 0.405. The summed E-state index contributed by atoms with van der Waals surface area (Å²) in [4.78, 5) is 2.53. The van der Waals surface area contributed by atoms with Crippen LogP contribution in [0.2, 0.25) is 5.02 Å². The van der Waals surface area contributed by atoms with Gasteiger partial charge in [0.1, 0.15) is 6.61 Å². The van der Waals surface area contributed by atoms with Gasteiger partial charge in [-0.25, -0.2) is 0 Å². The molecule has 5 heteroatoms. The largest absolute Gasteiger partial charge is 0.493 e. The number of rotatable bonds is 9. The molecule has 1 aliphatic rings. The number of methoxy groups -OCH3 is 1. The molecule has 1 fully saturated rings. The Morgan fingerprint density at radius 3 is 3.00 bits per heavy atom. The molecular formula is C18H27ClN2O2. The summed E-state index contributed by atoms with van der Waals surface area (Å²) in [6, 6.07) is 4.55. The van der Waals surface area contributed by atoms with Crippen molar-refractivity contribution in [1.29, 1.82) is 0 Å². The number of hydrogen-bond donors (Lipinski definition) is 1. The fourth-order valence-electron chi connectivity index (χ4n) is 3.08. The lowest BCUT2D eigenvalue weighted by Crippen LogP contribution is -2.37. The van der Waals surface area contributed by atoms with Crippen molar-refractivity contribution in [1.82, 2.24) is 10.2 Å². The average molecular weight is 339 g/mol. The monoisotopic (exact) mass is 338 g/mol. The van der Waals surface area contributed by atoms with E-state index in [2.05, 4.69) is 23.7 Å². The summed E-state index contributed by atoms with van der Waals surface area (Å²) in [6.07, 6.45) is 4.26. The predicted octanol–water partition coefficient (Wildman–Crippen LogP) is 3.49. The maximum atomic E-state index is 6.33. The third-order valence-corrected chi connectivity index (χ3v) is 4.53. The predicted molar refractivity (Wildman–Crippen MR) is 95.7 cm³/mol. The minimum Gasteiger partial charge on any atom is -0.493 e. The van der Waals surface area contributed by atoms with E-state index < -0.39 is 0 Å². The first-order valence-electron chi connectivity index (χ1n) is 8.24. The normalized spacial score (nSPS) is 18.1. The average Bonchev–Trinajstić information content (AvgIpc) is 3.01. The van der Waals surface area contributed by atoms with E-state index in [4.69, 9.17) is 21.1 Å². The van der Waals surface area contributed by atoms with Gasteiger partial charge in [-0.1, -0.05) is 31.2 Å². The van der Waals surface area contributed by atoms with Crippen LogP contribution in [-0.4, -0.2) is 44.3 Å². The maximum absolute atomic E-state index is 6.33. The summed E-state index contributed by atoms with van der Waals surface area (Å²) in [5, 5.41) is 4.10. The third kappa shape index (κ3) is 4.87. The first kappa shape index (κ1) is 18.1. The summed E-state index contributed by atoms with van der Waals surface area (Å²) >= 11 is 6.33. The van der Waals surface area contributed by atoms with E-state index in [1.54, 1.807) is 13.2 Å². The van der Waals surface area contributed by atoms with Gasteiger partial charge in [0.05, 0.1) is 12.1 Å². The molecule has 1 atom stereocenters. The van der Waals surface area contributed by atoms with E-state index in [0.717, 1.165) is 25.2 Å². The number of likely N-dealkylation sites (N-methyl/N-ethyl adjacent to an activating group) is 1. The van der Waals surface area contributed by atoms with Crippen molar-refractivity contribution in [2.45, 2.75) is 32.4 Å². The van der Waals surface area contributed by atoms with Crippen LogP contribution in [0.25, 0.3) is 0 Å². The molecular weight excluding hydrogens is 312 g/mol. The Bertz CT molecular complexity index is 522. The zero-order valence-electron chi connectivity index (χ0n) is 14.1. The second-order valence-electron chi connectivity index (χ2n) is 5.76. The Balaban J connectivity index is 1.94. The van der Waals surface area contributed by atoms with Crippen molar-refractivity contribution < 1.29 is 9.47 Å². The molecule has 0 aromatic heterocycles. The van der Waals surface area contributed by atoms with Crippen molar-refractivity contribution in [2.75, 3.05) is 33.4 Å². The number of hydrogen-bond acceptors (Lipinski definition) is 4. The van der Waals surface area contributed by atoms with Crippen LogP contribution in [0.5, 0.6) is 11.5 Å². The molecule has 1 aromatic carbocycles. The highest BCUT2D eigenvalue weighted by Crippen LogP contribution is 2.36. The number of benzene rings is 1. The molecule has 0 radical (unpaired) electrons. The van der Waals surface area contributed by atoms with Crippen molar-refractivity contribution in [2.24, 2.45) is 0 Å². The van der Waals surface area contributed by atoms with Crippen LogP contribution in [-0.2, 0) is 6.54 Å². The van der Waals surface area contributed by atoms with E-state index in [1.165, 1.54) is 19.4 Å². The van der Waals surface area contributed by atoms with Crippen molar-refractivity contribution >= 4 is 11.6 Å². The molecule has 1 unspecified atom stereocenters. The fraction of sp³-hybridized carbons (Fsp3) is 0.556. The molecule has 1 N–H and O–H groups in total. The highest BCUT2D eigenvalue weighted by atomic mass is 35.5. The number of halogens is 1. The molecule has 1 saturated heterocycles. The molecule has 23 heavy (non-hydrogen) atoms. The van der Waals surface area contributed by atoms with E-state index in [-0.39, 0.29) is 0 Å². The van der Waals surface area contributed by atoms with Gasteiger partial charge in [0, 0.05) is 19.1 Å². The molecule has 4 nitrogen and oxygen atoms in total. The molecule has 0 saturated carbocycles. The second kappa shape index (κ2) is 9.16. The van der Waals surface area contributed by atoms with Crippen LogP contribution >= 0.6 is 11.6 Å². The van der Waals surface area contributed by atoms with Crippen LogP contribution in [0.3, 0.4) is 0 Å². The van der Waals surface area contributed by atoms with Crippen molar-refractivity contribution in [3.05, 3.63) is 35.4 Å². The van der Waals surface area contributed by atoms with Crippen molar-refractivity contribution in [3.8, 4) is 11.5 Å². The number of ether oxygens (including phenoxy) is 2. The summed E-state index contributed by atoms with van der Waals surface area (Å²) in [7, 11) is 1.63. The van der Waals surface area contributed by atoms with Crippen molar-refractivity contribution in [3.63, 3.8) is 0 Å². The number of nitrogens with one attached hydrogen (secondary N) is 1. The van der Waals surface area contributed by atoms with Crippen LogP contribution in [0.15, 0.2) is 24.8 Å². The van der Waals surface area contributed by atoms with Gasteiger partial charge in [0.2, 0.25) is 0 Å². The van der Waals surface area contributed by atoms with Gasteiger partial charge < -0.3 is 14.8 Å². The van der Waals surface area contributed by atoms with Gasteiger partial charge in [-0.3, -0.25) is 4.90 Å². The number of nitrogens with zero attached hydrogens (tertiary/aromatic N) is 1. The topological polar surface area (TPSA) is 33.7 Å². The Hall–Kier alpha value is -1.23. The smallest absolute Gasteiger partial charge is 0.180 e. The van der Waals surface area contributed by atoms with Gasteiger partial charge in [0.25, 0.3) is 0 Å². The van der Waals surface area contributed by atoms with Gasteiger partial charge in [0.15, 0.2) is 11.5 Å². The second-order valence-corrected chi connectivity index (χ2v) is 6.17. The Labute approximate surface area is 144 Å². The Morgan fingerprint density at radius 1 is 1.48 bits per heavy atom. The lowest BCUT2D eigenvalue weighted by molar-refractivity contribution is 0.260. The fourth-order valence-corrected chi connectivity index (χ4v) is 3.37. The highest BCUT2D eigenvalue weighted by Gasteiger charge is 2.22. The lowest BCUT2D eigenvalue weighted by Gasteiger charge is -2.23. The molecule has 0 aliphatic carbocycles. The standard InChI is InChI=1S/C18H27ClN2O2/c1-4-9-23-18-16(19)10-14(11-17(18)22-3)12-20-13-15-7-6-8-21(15)5-2/h4,10-11,15,20H,1,5-9,12-13H2,2-3H3. The molecule has 2 rings (SSSR count). The summed E-state index contributed by atoms with van der Waals surface area (Å²) in [5.74, 6) is 1.23. The van der Waals surface area contributed by atoms with Crippen LogP contribution in [0, 0.1) is 0 Å². The van der Waals surface area contributed by atoms with Gasteiger partial charge >= 0.3 is 0 Å². The van der Waals surface area contributed by atoms with E-state index in [0.29, 0.717) is 29.2 Å². The molecule has 128 valence electrons. The molecule has 1 aliphatic heterocycles. The zero-order valence-corrected chi connectivity index (χ0v) is 14.9. The summed E-state index contributed by atoms with van der Waals surface area (Å²) in [5.41, 5.74) is 1.10. The molecule has 1 heterocycles. The molecule has 0 bridgehead atoms. The Morgan fingerprint density at radius 2 is 2.30 bits per heavy atom. The zero-order chi connectivity index (χ0) is 16.7. The molecule has 1 aromatic rings. The lowest BCUT2D eigenvalue weighted by atomic mass is 10.1. The highest BCUT2D eigenvalue weighted by molar-refractivity contribution is 6.32. The third-order valence-electron chi connectivity index (χ3n) is 4.25. The Kier molecular flexibility index (Phi) is 7.21. The van der Waals surface area contributed by atoms with Crippen LogP contribution < -0.4 is 14.8 Å². The summed E-state index contributed by atoms with van der Waals surface area (Å²) < 4.78 is 11.0. The number of likely N-dealkylation sites (tertiary alicyclic amines) is 1. The van der Waals surface area contributed by atoms with Gasteiger partial charge in [-0.2, -0.15) is 0 Å².